The van der Waals surface area contributed by atoms with Gasteiger partial charge in [0.1, 0.15) is 0 Å². The molecule has 23 heavy (non-hydrogen) atoms. The van der Waals surface area contributed by atoms with Crippen LogP contribution in [0.5, 0.6) is 0 Å². The van der Waals surface area contributed by atoms with Gasteiger partial charge in [-0.2, -0.15) is 0 Å². The molecule has 2 rings (SSSR count). The first-order valence-electron chi connectivity index (χ1n) is 7.56. The molecule has 0 spiro atoms. The summed E-state index contributed by atoms with van der Waals surface area (Å²) in [7, 11) is 2.40. The Kier molecular flexibility index (Phi) is 4.98. The van der Waals surface area contributed by atoms with Gasteiger partial charge in [0.2, 0.25) is 5.41 Å². The van der Waals surface area contributed by atoms with E-state index in [0.717, 1.165) is 12.8 Å². The van der Waals surface area contributed by atoms with Crippen molar-refractivity contribution in [1.29, 1.82) is 0 Å². The molecule has 0 aromatic heterocycles. The van der Waals surface area contributed by atoms with E-state index in [4.69, 9.17) is 9.47 Å². The quantitative estimate of drug-likeness (QED) is 0.439. The lowest BCUT2D eigenvalue weighted by Gasteiger charge is -2.15. The van der Waals surface area contributed by atoms with Crippen LogP contribution in [-0.4, -0.2) is 31.9 Å². The van der Waals surface area contributed by atoms with Gasteiger partial charge in [0, 0.05) is 11.1 Å². The highest BCUT2D eigenvalue weighted by Crippen LogP contribution is 2.57. The molecule has 1 aromatic rings. The summed E-state index contributed by atoms with van der Waals surface area (Å²) in [6.45, 7) is 2.00. The summed E-state index contributed by atoms with van der Waals surface area (Å²) >= 11 is 0. The van der Waals surface area contributed by atoms with E-state index in [1.807, 2.05) is 6.92 Å². The molecular formula is C18H20O5. The zero-order valence-corrected chi connectivity index (χ0v) is 13.5. The van der Waals surface area contributed by atoms with Crippen LogP contribution in [0, 0.1) is 5.41 Å². The zero-order valence-electron chi connectivity index (χ0n) is 13.5. The van der Waals surface area contributed by atoms with Gasteiger partial charge >= 0.3 is 11.9 Å². The third-order valence-corrected chi connectivity index (χ3v) is 4.09. The Labute approximate surface area is 135 Å². The van der Waals surface area contributed by atoms with Gasteiger partial charge in [0.05, 0.1) is 14.2 Å². The molecule has 0 aliphatic heterocycles. The van der Waals surface area contributed by atoms with Crippen LogP contribution in [0.15, 0.2) is 41.5 Å². The fourth-order valence-electron chi connectivity index (χ4n) is 2.88. The molecule has 122 valence electrons. The van der Waals surface area contributed by atoms with Gasteiger partial charge in [-0.3, -0.25) is 14.4 Å². The SMILES string of the molecule is CCCCC1=C(C(=O)c2ccccc2)C1(C(=O)OC)C(=O)OC. The lowest BCUT2D eigenvalue weighted by Crippen LogP contribution is -2.34. The summed E-state index contributed by atoms with van der Waals surface area (Å²) in [4.78, 5) is 37.4. The number of ether oxygens (including phenoxy) is 2. The van der Waals surface area contributed by atoms with Gasteiger partial charge in [0.15, 0.2) is 5.78 Å². The van der Waals surface area contributed by atoms with E-state index in [1.54, 1.807) is 30.3 Å². The molecule has 5 nitrogen and oxygen atoms in total. The van der Waals surface area contributed by atoms with Crippen LogP contribution in [-0.2, 0) is 19.1 Å². The molecule has 0 bridgehead atoms. The Morgan fingerprint density at radius 2 is 1.57 bits per heavy atom. The van der Waals surface area contributed by atoms with Gasteiger partial charge in [0.25, 0.3) is 0 Å². The Balaban J connectivity index is 2.46. The summed E-state index contributed by atoms with van der Waals surface area (Å²) in [5, 5.41) is 0. The fraction of sp³-hybridized carbons (Fsp3) is 0.389. The van der Waals surface area contributed by atoms with Gasteiger partial charge in [-0.1, -0.05) is 43.7 Å². The molecule has 0 fully saturated rings. The van der Waals surface area contributed by atoms with Crippen molar-refractivity contribution in [3.8, 4) is 0 Å². The molecule has 1 aromatic carbocycles. The maximum atomic E-state index is 12.8. The number of hydrogen-bond donors (Lipinski definition) is 0. The molecule has 0 atom stereocenters. The van der Waals surface area contributed by atoms with Gasteiger partial charge in [-0.05, 0) is 18.4 Å². The van der Waals surface area contributed by atoms with Crippen molar-refractivity contribution in [1.82, 2.24) is 0 Å². The molecule has 0 N–H and O–H groups in total. The number of benzene rings is 1. The van der Waals surface area contributed by atoms with Crippen molar-refractivity contribution in [2.24, 2.45) is 5.41 Å². The predicted octanol–water partition coefficient (Wildman–Crippen LogP) is 2.70. The van der Waals surface area contributed by atoms with Crippen molar-refractivity contribution in [3.63, 3.8) is 0 Å². The monoisotopic (exact) mass is 316 g/mol. The number of unbranched alkanes of at least 4 members (excludes halogenated alkanes) is 1. The van der Waals surface area contributed by atoms with Crippen LogP contribution in [0.1, 0.15) is 36.5 Å². The van der Waals surface area contributed by atoms with Gasteiger partial charge < -0.3 is 9.47 Å². The Morgan fingerprint density at radius 1 is 1.00 bits per heavy atom. The summed E-state index contributed by atoms with van der Waals surface area (Å²) in [5.41, 5.74) is -0.500. The Bertz CT molecular complexity index is 641. The number of Topliss-reactive ketones (excluding diaryl/α,β-unsaturated/α-hetero) is 1. The first-order chi connectivity index (χ1) is 11.0. The molecule has 0 heterocycles. The molecule has 1 aliphatic carbocycles. The lowest BCUT2D eigenvalue weighted by molar-refractivity contribution is -0.160. The average molecular weight is 316 g/mol. The minimum atomic E-state index is -1.66. The number of carbonyl (C=O) groups excluding carboxylic acids is 3. The van der Waals surface area contributed by atoms with Crippen LogP contribution >= 0.6 is 0 Å². The molecular weight excluding hydrogens is 296 g/mol. The first kappa shape index (κ1) is 16.9. The maximum Gasteiger partial charge on any atom is 0.332 e. The number of ketones is 1. The van der Waals surface area contributed by atoms with Crippen molar-refractivity contribution >= 4 is 17.7 Å². The van der Waals surface area contributed by atoms with Crippen LogP contribution < -0.4 is 0 Å². The number of rotatable bonds is 7. The number of esters is 2. The van der Waals surface area contributed by atoms with E-state index in [9.17, 15) is 14.4 Å². The highest BCUT2D eigenvalue weighted by molar-refractivity contribution is 6.28. The number of methoxy groups -OCH3 is 2. The topological polar surface area (TPSA) is 69.7 Å². The van der Waals surface area contributed by atoms with Crippen molar-refractivity contribution < 1.29 is 23.9 Å². The Morgan fingerprint density at radius 3 is 2.04 bits per heavy atom. The third kappa shape index (κ3) is 2.67. The van der Waals surface area contributed by atoms with Crippen LogP contribution in [0.2, 0.25) is 0 Å². The normalized spacial score (nSPS) is 15.1. The number of hydrogen-bond acceptors (Lipinski definition) is 5. The predicted molar refractivity (Wildman–Crippen MR) is 83.8 cm³/mol. The van der Waals surface area contributed by atoms with Crippen molar-refractivity contribution in [3.05, 3.63) is 47.0 Å². The minimum absolute atomic E-state index is 0.204. The molecule has 0 unspecified atom stereocenters. The summed E-state index contributed by atoms with van der Waals surface area (Å²) < 4.78 is 9.59. The standard InChI is InChI=1S/C18H20O5/c1-4-5-11-13-14(15(19)12-9-7-6-8-10-12)18(13,16(20)22-2)17(21)23-3/h6-10H,4-5,11H2,1-3H3. The van der Waals surface area contributed by atoms with E-state index in [1.165, 1.54) is 14.2 Å². The van der Waals surface area contributed by atoms with Crippen molar-refractivity contribution in [2.45, 2.75) is 26.2 Å². The fourth-order valence-corrected chi connectivity index (χ4v) is 2.88. The molecule has 0 saturated heterocycles. The van der Waals surface area contributed by atoms with Crippen molar-refractivity contribution in [2.75, 3.05) is 14.2 Å². The van der Waals surface area contributed by atoms with Crippen LogP contribution in [0.3, 0.4) is 0 Å². The van der Waals surface area contributed by atoms with E-state index >= 15 is 0 Å². The Hall–Kier alpha value is -2.43. The summed E-state index contributed by atoms with van der Waals surface area (Å²) in [5.74, 6) is -1.84. The maximum absolute atomic E-state index is 12.8. The van der Waals surface area contributed by atoms with E-state index in [-0.39, 0.29) is 11.4 Å². The molecule has 0 radical (unpaired) electrons. The smallest absolute Gasteiger partial charge is 0.332 e. The third-order valence-electron chi connectivity index (χ3n) is 4.09. The van der Waals surface area contributed by atoms with Gasteiger partial charge in [-0.25, -0.2) is 0 Å². The van der Waals surface area contributed by atoms with E-state index < -0.39 is 17.4 Å². The van der Waals surface area contributed by atoms with Crippen LogP contribution in [0.25, 0.3) is 0 Å². The average Bonchev–Trinajstić information content (AvgIpc) is 3.28. The van der Waals surface area contributed by atoms with Crippen LogP contribution in [0.4, 0.5) is 0 Å². The molecule has 0 saturated carbocycles. The second-order valence-corrected chi connectivity index (χ2v) is 5.39. The molecule has 0 amide bonds. The summed E-state index contributed by atoms with van der Waals surface area (Å²) in [6, 6.07) is 8.58. The second-order valence-electron chi connectivity index (χ2n) is 5.39. The molecule has 5 heteroatoms. The van der Waals surface area contributed by atoms with E-state index in [2.05, 4.69) is 0 Å². The number of carbonyl (C=O) groups is 3. The van der Waals surface area contributed by atoms with Gasteiger partial charge in [-0.15, -0.1) is 0 Å². The highest BCUT2D eigenvalue weighted by Gasteiger charge is 2.68. The lowest BCUT2D eigenvalue weighted by atomic mass is 9.93. The first-order valence-corrected chi connectivity index (χ1v) is 7.56. The highest BCUT2D eigenvalue weighted by atomic mass is 16.5. The molecule has 1 aliphatic rings. The largest absolute Gasteiger partial charge is 0.468 e. The zero-order chi connectivity index (χ0) is 17.0. The van der Waals surface area contributed by atoms with E-state index in [0.29, 0.717) is 17.6 Å². The minimum Gasteiger partial charge on any atom is -0.468 e. The second kappa shape index (κ2) is 6.77. The summed E-state index contributed by atoms with van der Waals surface area (Å²) in [6.07, 6.45) is 2.15.